The molecule has 0 saturated heterocycles. The summed E-state index contributed by atoms with van der Waals surface area (Å²) in [5, 5.41) is 19.9. The molecule has 0 aliphatic heterocycles. The number of rotatable bonds is 0. The standard InChI is InChI=1S/C5H4N4O/c10-5-3-1-2-6-4(3)7-9-8-5/h1-2H,(H2,6,7,8,10). The number of hydrogen-bond donors (Lipinski definition) is 2. The lowest BCUT2D eigenvalue weighted by Gasteiger charge is -1.87. The van der Waals surface area contributed by atoms with E-state index in [0.29, 0.717) is 11.0 Å². The molecule has 0 saturated carbocycles. The number of aromatic nitrogens is 4. The normalized spacial score (nSPS) is 10.4. The van der Waals surface area contributed by atoms with Crippen LogP contribution in [0, 0.1) is 0 Å². The number of nitrogens with one attached hydrogen (secondary N) is 1. The zero-order valence-electron chi connectivity index (χ0n) is 4.94. The summed E-state index contributed by atoms with van der Waals surface area (Å²) in [6.07, 6.45) is 1.67. The average Bonchev–Trinajstić information content (AvgIpc) is 2.36. The Bertz CT molecular complexity index is 355. The van der Waals surface area contributed by atoms with E-state index in [1.165, 1.54) is 0 Å². The van der Waals surface area contributed by atoms with Gasteiger partial charge >= 0.3 is 0 Å². The molecule has 2 heterocycles. The number of H-pyrrole nitrogens is 1. The van der Waals surface area contributed by atoms with Crippen LogP contribution in [0.3, 0.4) is 0 Å². The van der Waals surface area contributed by atoms with Crippen molar-refractivity contribution in [2.24, 2.45) is 0 Å². The van der Waals surface area contributed by atoms with Gasteiger partial charge < -0.3 is 10.1 Å². The van der Waals surface area contributed by atoms with Gasteiger partial charge in [0.15, 0.2) is 5.65 Å². The highest BCUT2D eigenvalue weighted by Gasteiger charge is 2.00. The summed E-state index contributed by atoms with van der Waals surface area (Å²) < 4.78 is 0. The van der Waals surface area contributed by atoms with E-state index in [1.807, 2.05) is 0 Å². The third kappa shape index (κ3) is 0.540. The Labute approximate surface area is 55.7 Å². The Balaban J connectivity index is 2.95. The first-order valence-electron chi connectivity index (χ1n) is 2.73. The molecule has 2 aromatic heterocycles. The highest BCUT2D eigenvalue weighted by Crippen LogP contribution is 2.15. The summed E-state index contributed by atoms with van der Waals surface area (Å²) in [4.78, 5) is 2.79. The molecule has 0 radical (unpaired) electrons. The van der Waals surface area contributed by atoms with E-state index in [1.54, 1.807) is 12.3 Å². The maximum atomic E-state index is 9.03. The lowest BCUT2D eigenvalue weighted by molar-refractivity contribution is 0.448. The minimum atomic E-state index is -0.0914. The molecule has 0 aliphatic rings. The van der Waals surface area contributed by atoms with Gasteiger partial charge in [-0.1, -0.05) is 5.10 Å². The number of aromatic hydroxyl groups is 1. The van der Waals surface area contributed by atoms with Crippen LogP contribution in [0.25, 0.3) is 11.0 Å². The molecule has 0 aromatic carbocycles. The summed E-state index contributed by atoms with van der Waals surface area (Å²) in [6.45, 7) is 0. The summed E-state index contributed by atoms with van der Waals surface area (Å²) >= 11 is 0. The van der Waals surface area contributed by atoms with Gasteiger partial charge in [-0.05, 0) is 11.3 Å². The van der Waals surface area contributed by atoms with Crippen LogP contribution >= 0.6 is 0 Å². The molecule has 0 bridgehead atoms. The molecule has 0 atom stereocenters. The fraction of sp³-hybridized carbons (Fsp3) is 0. The number of nitrogens with zero attached hydrogens (tertiary/aromatic N) is 3. The SMILES string of the molecule is Oc1nnnc2[nH]ccc12. The molecule has 0 amide bonds. The zero-order valence-corrected chi connectivity index (χ0v) is 4.94. The second-order valence-electron chi connectivity index (χ2n) is 1.85. The molecule has 2 N–H and O–H groups in total. The number of hydrogen-bond acceptors (Lipinski definition) is 4. The lowest BCUT2D eigenvalue weighted by Crippen LogP contribution is -1.86. The molecular weight excluding hydrogens is 132 g/mol. The largest absolute Gasteiger partial charge is 0.492 e. The van der Waals surface area contributed by atoms with Crippen molar-refractivity contribution in [2.75, 3.05) is 0 Å². The first kappa shape index (κ1) is 5.16. The van der Waals surface area contributed by atoms with E-state index in [-0.39, 0.29) is 5.88 Å². The van der Waals surface area contributed by atoms with Crippen LogP contribution in [0.5, 0.6) is 5.88 Å². The van der Waals surface area contributed by atoms with Crippen molar-refractivity contribution < 1.29 is 5.11 Å². The Kier molecular flexibility index (Phi) is 0.858. The first-order chi connectivity index (χ1) is 4.88. The summed E-state index contributed by atoms with van der Waals surface area (Å²) in [6, 6.07) is 1.69. The molecule has 0 unspecified atom stereocenters. The summed E-state index contributed by atoms with van der Waals surface area (Å²) in [5.74, 6) is -0.0914. The molecule has 5 heteroatoms. The van der Waals surface area contributed by atoms with Crippen LogP contribution in [0.2, 0.25) is 0 Å². The highest BCUT2D eigenvalue weighted by molar-refractivity contribution is 5.79. The van der Waals surface area contributed by atoms with E-state index in [9.17, 15) is 0 Å². The van der Waals surface area contributed by atoms with Crippen LogP contribution in [-0.2, 0) is 0 Å². The first-order valence-corrected chi connectivity index (χ1v) is 2.73. The van der Waals surface area contributed by atoms with Gasteiger partial charge in [0.05, 0.1) is 5.39 Å². The monoisotopic (exact) mass is 136 g/mol. The molecule has 0 spiro atoms. The topological polar surface area (TPSA) is 74.7 Å². The van der Waals surface area contributed by atoms with Crippen molar-refractivity contribution in [2.45, 2.75) is 0 Å². The zero-order chi connectivity index (χ0) is 6.97. The van der Waals surface area contributed by atoms with Crippen molar-refractivity contribution in [3.63, 3.8) is 0 Å². The fourth-order valence-corrected chi connectivity index (χ4v) is 0.787. The van der Waals surface area contributed by atoms with Gasteiger partial charge in [0.2, 0.25) is 5.88 Å². The van der Waals surface area contributed by atoms with Gasteiger partial charge in [0.1, 0.15) is 0 Å². The molecular formula is C5H4N4O. The van der Waals surface area contributed by atoms with E-state index in [2.05, 4.69) is 20.4 Å². The van der Waals surface area contributed by atoms with Gasteiger partial charge in [-0.15, -0.1) is 5.10 Å². The van der Waals surface area contributed by atoms with Gasteiger partial charge in [0.25, 0.3) is 0 Å². The summed E-state index contributed by atoms with van der Waals surface area (Å²) in [7, 11) is 0. The smallest absolute Gasteiger partial charge is 0.244 e. The average molecular weight is 136 g/mol. The van der Waals surface area contributed by atoms with Gasteiger partial charge in [-0.3, -0.25) is 0 Å². The van der Waals surface area contributed by atoms with E-state index < -0.39 is 0 Å². The number of aromatic amines is 1. The maximum Gasteiger partial charge on any atom is 0.244 e. The maximum absolute atomic E-state index is 9.03. The molecule has 10 heavy (non-hydrogen) atoms. The Morgan fingerprint density at radius 3 is 3.10 bits per heavy atom. The van der Waals surface area contributed by atoms with Crippen LogP contribution in [0.4, 0.5) is 0 Å². The van der Waals surface area contributed by atoms with Gasteiger partial charge in [-0.2, -0.15) is 0 Å². The molecule has 2 rings (SSSR count). The van der Waals surface area contributed by atoms with Crippen LogP contribution in [-0.4, -0.2) is 25.5 Å². The minimum absolute atomic E-state index is 0.0914. The fourth-order valence-electron chi connectivity index (χ4n) is 0.787. The predicted octanol–water partition coefficient (Wildman–Crippen LogP) is 0.0585. The van der Waals surface area contributed by atoms with Crippen molar-refractivity contribution in [1.29, 1.82) is 0 Å². The summed E-state index contributed by atoms with van der Waals surface area (Å²) in [5.41, 5.74) is 0.549. The third-order valence-electron chi connectivity index (χ3n) is 1.25. The van der Waals surface area contributed by atoms with Gasteiger partial charge in [0, 0.05) is 6.20 Å². The van der Waals surface area contributed by atoms with E-state index in [0.717, 1.165) is 0 Å². The molecule has 2 aromatic rings. The molecule has 5 nitrogen and oxygen atoms in total. The van der Waals surface area contributed by atoms with Crippen molar-refractivity contribution in [3.8, 4) is 5.88 Å². The number of fused-ring (bicyclic) bond motifs is 1. The molecule has 50 valence electrons. The van der Waals surface area contributed by atoms with E-state index in [4.69, 9.17) is 5.11 Å². The van der Waals surface area contributed by atoms with Crippen LogP contribution in [0.15, 0.2) is 12.3 Å². The Hall–Kier alpha value is -1.65. The van der Waals surface area contributed by atoms with E-state index >= 15 is 0 Å². The third-order valence-corrected chi connectivity index (χ3v) is 1.25. The Morgan fingerprint density at radius 1 is 1.40 bits per heavy atom. The predicted molar refractivity (Wildman–Crippen MR) is 33.3 cm³/mol. The Morgan fingerprint density at radius 2 is 2.30 bits per heavy atom. The van der Waals surface area contributed by atoms with Crippen molar-refractivity contribution >= 4 is 11.0 Å². The van der Waals surface area contributed by atoms with Crippen molar-refractivity contribution in [1.82, 2.24) is 20.4 Å². The molecule has 0 aliphatic carbocycles. The minimum Gasteiger partial charge on any atom is -0.492 e. The van der Waals surface area contributed by atoms with Crippen LogP contribution in [0.1, 0.15) is 0 Å². The lowest BCUT2D eigenvalue weighted by atomic mass is 10.4. The second kappa shape index (κ2) is 1.66. The molecule has 0 fully saturated rings. The van der Waals surface area contributed by atoms with Gasteiger partial charge in [-0.25, -0.2) is 0 Å². The van der Waals surface area contributed by atoms with Crippen LogP contribution < -0.4 is 0 Å². The quantitative estimate of drug-likeness (QED) is 0.537. The second-order valence-corrected chi connectivity index (χ2v) is 1.85. The highest BCUT2D eigenvalue weighted by atomic mass is 16.3. The van der Waals surface area contributed by atoms with Crippen molar-refractivity contribution in [3.05, 3.63) is 12.3 Å².